The van der Waals surface area contributed by atoms with E-state index in [0.717, 1.165) is 19.4 Å². The molecule has 0 spiro atoms. The van der Waals surface area contributed by atoms with Crippen molar-refractivity contribution in [3.8, 4) is 5.75 Å². The summed E-state index contributed by atoms with van der Waals surface area (Å²) in [7, 11) is 0. The van der Waals surface area contributed by atoms with Crippen LogP contribution in [0.3, 0.4) is 0 Å². The Bertz CT molecular complexity index is 639. The minimum Gasteiger partial charge on any atom is -0.490 e. The summed E-state index contributed by atoms with van der Waals surface area (Å²) in [6.07, 6.45) is 3.87. The van der Waals surface area contributed by atoms with Crippen LogP contribution in [0.25, 0.3) is 10.9 Å². The molecule has 0 radical (unpaired) electrons. The van der Waals surface area contributed by atoms with Crippen LogP contribution >= 0.6 is 0 Å². The van der Waals surface area contributed by atoms with Gasteiger partial charge in [0.2, 0.25) is 0 Å². The molecule has 6 nitrogen and oxygen atoms in total. The van der Waals surface area contributed by atoms with E-state index in [0.29, 0.717) is 29.3 Å². The first-order valence-electron chi connectivity index (χ1n) is 6.64. The molecule has 1 aliphatic heterocycles. The van der Waals surface area contributed by atoms with Crippen molar-refractivity contribution < 1.29 is 9.66 Å². The zero-order valence-electron chi connectivity index (χ0n) is 10.9. The van der Waals surface area contributed by atoms with Gasteiger partial charge in [-0.3, -0.25) is 15.1 Å². The smallest absolute Gasteiger partial charge is 0.279 e. The number of nitrogens with zero attached hydrogens (tertiary/aromatic N) is 2. The van der Waals surface area contributed by atoms with Crippen LogP contribution in [0, 0.1) is 10.1 Å². The lowest BCUT2D eigenvalue weighted by atomic mass is 10.1. The fourth-order valence-corrected chi connectivity index (χ4v) is 2.50. The highest BCUT2D eigenvalue weighted by Gasteiger charge is 2.18. The second-order valence-electron chi connectivity index (χ2n) is 4.84. The number of nitrogens with one attached hydrogen (secondary N) is 1. The van der Waals surface area contributed by atoms with Crippen molar-refractivity contribution >= 4 is 16.6 Å². The van der Waals surface area contributed by atoms with E-state index >= 15 is 0 Å². The Labute approximate surface area is 115 Å². The second-order valence-corrected chi connectivity index (χ2v) is 4.84. The maximum Gasteiger partial charge on any atom is 0.279 e. The Balaban J connectivity index is 1.91. The molecular weight excluding hydrogens is 258 g/mol. The molecule has 1 atom stereocenters. The average Bonchev–Trinajstić information content (AvgIpc) is 2.97. The van der Waals surface area contributed by atoms with Crippen molar-refractivity contribution in [3.63, 3.8) is 0 Å². The Morgan fingerprint density at radius 3 is 3.10 bits per heavy atom. The van der Waals surface area contributed by atoms with Crippen LogP contribution in [0.4, 0.5) is 5.69 Å². The molecule has 1 N–H and O–H groups in total. The zero-order chi connectivity index (χ0) is 13.9. The summed E-state index contributed by atoms with van der Waals surface area (Å²) in [4.78, 5) is 14.8. The quantitative estimate of drug-likeness (QED) is 0.683. The molecule has 20 heavy (non-hydrogen) atoms. The molecule has 2 aromatic rings. The Hall–Kier alpha value is -2.21. The minimum atomic E-state index is -0.397. The highest BCUT2D eigenvalue weighted by atomic mass is 16.6. The molecule has 1 fully saturated rings. The van der Waals surface area contributed by atoms with E-state index < -0.39 is 4.92 Å². The van der Waals surface area contributed by atoms with Gasteiger partial charge in [0.15, 0.2) is 0 Å². The summed E-state index contributed by atoms with van der Waals surface area (Å²) in [5, 5.41) is 14.9. The van der Waals surface area contributed by atoms with Gasteiger partial charge in [-0.25, -0.2) is 0 Å². The van der Waals surface area contributed by atoms with Gasteiger partial charge in [-0.1, -0.05) is 0 Å². The molecule has 2 heterocycles. The van der Waals surface area contributed by atoms with Crippen LogP contribution < -0.4 is 10.1 Å². The number of hydrogen-bond acceptors (Lipinski definition) is 5. The van der Waals surface area contributed by atoms with Gasteiger partial charge in [-0.2, -0.15) is 0 Å². The summed E-state index contributed by atoms with van der Waals surface area (Å²) in [6, 6.07) is 6.84. The van der Waals surface area contributed by atoms with Crippen molar-refractivity contribution in [3.05, 3.63) is 40.6 Å². The monoisotopic (exact) mass is 273 g/mol. The number of non-ortho nitro benzene ring substituents is 1. The van der Waals surface area contributed by atoms with Gasteiger partial charge in [-0.15, -0.1) is 0 Å². The highest BCUT2D eigenvalue weighted by molar-refractivity contribution is 5.92. The van der Waals surface area contributed by atoms with E-state index in [-0.39, 0.29) is 5.69 Å². The molecule has 1 aliphatic rings. The summed E-state index contributed by atoms with van der Waals surface area (Å²) >= 11 is 0. The molecule has 1 aromatic heterocycles. The van der Waals surface area contributed by atoms with Gasteiger partial charge in [0.05, 0.1) is 10.3 Å². The highest BCUT2D eigenvalue weighted by Crippen LogP contribution is 2.31. The van der Waals surface area contributed by atoms with Crippen LogP contribution in [-0.4, -0.2) is 29.1 Å². The van der Waals surface area contributed by atoms with Crippen molar-refractivity contribution in [1.29, 1.82) is 0 Å². The van der Waals surface area contributed by atoms with Crippen molar-refractivity contribution in [2.75, 3.05) is 13.2 Å². The first-order valence-corrected chi connectivity index (χ1v) is 6.64. The maximum absolute atomic E-state index is 11.0. The molecule has 1 saturated heterocycles. The standard InChI is InChI=1S/C14H15N3O3/c18-17(19)12-5-6-13(14-11(12)4-2-8-16-14)20-9-10-3-1-7-15-10/h2,4-6,8,10,15H,1,3,7,9H2. The van der Waals surface area contributed by atoms with E-state index in [1.165, 1.54) is 6.07 Å². The van der Waals surface area contributed by atoms with Gasteiger partial charge in [-0.05, 0) is 37.6 Å². The number of nitro groups is 1. The third-order valence-corrected chi connectivity index (χ3v) is 3.51. The van der Waals surface area contributed by atoms with Crippen molar-refractivity contribution in [1.82, 2.24) is 10.3 Å². The lowest BCUT2D eigenvalue weighted by Gasteiger charge is -2.13. The van der Waals surface area contributed by atoms with E-state index in [1.807, 2.05) is 0 Å². The number of hydrogen-bond donors (Lipinski definition) is 1. The van der Waals surface area contributed by atoms with Gasteiger partial charge in [0, 0.05) is 18.3 Å². The lowest BCUT2D eigenvalue weighted by molar-refractivity contribution is -0.383. The van der Waals surface area contributed by atoms with E-state index in [1.54, 1.807) is 24.4 Å². The summed E-state index contributed by atoms with van der Waals surface area (Å²) in [5.74, 6) is 0.597. The number of aromatic nitrogens is 1. The van der Waals surface area contributed by atoms with Gasteiger partial charge in [0.1, 0.15) is 17.9 Å². The molecule has 3 rings (SSSR count). The summed E-state index contributed by atoms with van der Waals surface area (Å²) < 4.78 is 5.79. The lowest BCUT2D eigenvalue weighted by Crippen LogP contribution is -2.28. The molecule has 0 aliphatic carbocycles. The topological polar surface area (TPSA) is 77.3 Å². The SMILES string of the molecule is O=[N+]([O-])c1ccc(OCC2CCCN2)c2ncccc12. The fraction of sp³-hybridized carbons (Fsp3) is 0.357. The van der Waals surface area contributed by atoms with Gasteiger partial charge >= 0.3 is 0 Å². The molecule has 6 heteroatoms. The Morgan fingerprint density at radius 1 is 1.45 bits per heavy atom. The van der Waals surface area contributed by atoms with Crippen molar-refractivity contribution in [2.45, 2.75) is 18.9 Å². The number of benzene rings is 1. The molecule has 0 saturated carbocycles. The maximum atomic E-state index is 11.0. The normalized spacial score (nSPS) is 18.3. The van der Waals surface area contributed by atoms with Crippen LogP contribution in [0.1, 0.15) is 12.8 Å². The first kappa shape index (κ1) is 12.8. The number of nitro benzene ring substituents is 1. The Morgan fingerprint density at radius 2 is 2.35 bits per heavy atom. The number of fused-ring (bicyclic) bond motifs is 1. The molecule has 1 aromatic carbocycles. The average molecular weight is 273 g/mol. The third-order valence-electron chi connectivity index (χ3n) is 3.51. The van der Waals surface area contributed by atoms with E-state index in [2.05, 4.69) is 10.3 Å². The summed E-state index contributed by atoms with van der Waals surface area (Å²) in [6.45, 7) is 1.58. The van der Waals surface area contributed by atoms with Crippen molar-refractivity contribution in [2.24, 2.45) is 0 Å². The summed E-state index contributed by atoms with van der Waals surface area (Å²) in [5.41, 5.74) is 0.596. The number of rotatable bonds is 4. The molecule has 104 valence electrons. The van der Waals surface area contributed by atoms with Crippen LogP contribution in [0.2, 0.25) is 0 Å². The first-order chi connectivity index (χ1) is 9.75. The van der Waals surface area contributed by atoms with Crippen LogP contribution in [-0.2, 0) is 0 Å². The van der Waals surface area contributed by atoms with Crippen LogP contribution in [0.5, 0.6) is 5.75 Å². The molecule has 0 bridgehead atoms. The predicted molar refractivity (Wildman–Crippen MR) is 74.9 cm³/mol. The van der Waals surface area contributed by atoms with E-state index in [9.17, 15) is 10.1 Å². The van der Waals surface area contributed by atoms with Crippen LogP contribution in [0.15, 0.2) is 30.5 Å². The zero-order valence-corrected chi connectivity index (χ0v) is 10.9. The molecular formula is C14H15N3O3. The number of pyridine rings is 1. The largest absolute Gasteiger partial charge is 0.490 e. The minimum absolute atomic E-state index is 0.0550. The van der Waals surface area contributed by atoms with Gasteiger partial charge < -0.3 is 10.1 Å². The van der Waals surface area contributed by atoms with E-state index in [4.69, 9.17) is 4.74 Å². The second kappa shape index (κ2) is 5.42. The Kier molecular flexibility index (Phi) is 3.47. The fourth-order valence-electron chi connectivity index (χ4n) is 2.50. The molecule has 0 amide bonds. The third kappa shape index (κ3) is 2.42. The molecule has 1 unspecified atom stereocenters. The number of ether oxygens (including phenoxy) is 1. The predicted octanol–water partition coefficient (Wildman–Crippen LogP) is 2.27. The van der Waals surface area contributed by atoms with Gasteiger partial charge in [0.25, 0.3) is 5.69 Å².